The molecule has 0 radical (unpaired) electrons. The Hall–Kier alpha value is -3.23. The summed E-state index contributed by atoms with van der Waals surface area (Å²) in [6, 6.07) is 18.6. The minimum atomic E-state index is -0.320. The van der Waals surface area contributed by atoms with Crippen LogP contribution in [0.25, 0.3) is 10.8 Å². The van der Waals surface area contributed by atoms with Gasteiger partial charge in [-0.2, -0.15) is 5.26 Å². The first-order valence-electron chi connectivity index (χ1n) is 11.1. The lowest BCUT2D eigenvalue weighted by Crippen LogP contribution is -2.48. The summed E-state index contributed by atoms with van der Waals surface area (Å²) in [5.41, 5.74) is 2.49. The van der Waals surface area contributed by atoms with Crippen molar-refractivity contribution in [2.45, 2.75) is 31.6 Å². The third-order valence-electron chi connectivity index (χ3n) is 6.83. The summed E-state index contributed by atoms with van der Waals surface area (Å²) >= 11 is 0. The molecule has 0 spiro atoms. The Labute approximate surface area is 188 Å². The highest BCUT2D eigenvalue weighted by Gasteiger charge is 2.36. The normalized spacial score (nSPS) is 15.9. The van der Waals surface area contributed by atoms with Crippen LogP contribution in [0.3, 0.4) is 0 Å². The Bertz CT molecular complexity index is 1190. The number of amides is 1. The van der Waals surface area contributed by atoms with Crippen molar-refractivity contribution in [1.29, 1.82) is 5.26 Å². The zero-order valence-electron chi connectivity index (χ0n) is 18.6. The lowest BCUT2D eigenvalue weighted by Gasteiger charge is -2.41. The number of halogens is 1. The molecule has 3 aromatic rings. The fraction of sp³-hybridized carbons (Fsp3) is 0.333. The van der Waals surface area contributed by atoms with E-state index < -0.39 is 0 Å². The molecule has 0 bridgehead atoms. The number of nitrogens with zero attached hydrogens (tertiary/aromatic N) is 2. The summed E-state index contributed by atoms with van der Waals surface area (Å²) < 4.78 is 14.1. The number of benzene rings is 3. The van der Waals surface area contributed by atoms with Crippen molar-refractivity contribution in [3.63, 3.8) is 0 Å². The number of nitriles is 1. The van der Waals surface area contributed by atoms with Gasteiger partial charge >= 0.3 is 0 Å². The number of fused-ring (bicyclic) bond motifs is 1. The fourth-order valence-electron chi connectivity index (χ4n) is 4.89. The molecule has 32 heavy (non-hydrogen) atoms. The van der Waals surface area contributed by atoms with Gasteiger partial charge in [0, 0.05) is 12.0 Å². The topological polar surface area (TPSA) is 56.1 Å². The Morgan fingerprint density at radius 2 is 1.91 bits per heavy atom. The van der Waals surface area contributed by atoms with Gasteiger partial charge in [0.2, 0.25) is 0 Å². The molecule has 5 heteroatoms. The molecule has 4 rings (SSSR count). The standard InChI is InChI=1S/C27H28FN3O/c1-3-23-20(17-29)15-19-7-4-5-10-24(19)25(23)26(32)30-18-27(11-13-31(2)14-12-27)21-8-6-9-22(28)16-21/h4-10,15-16H,3,11-14,18H2,1-2H3,(H,30,32). The molecule has 3 aromatic carbocycles. The highest BCUT2D eigenvalue weighted by molar-refractivity contribution is 6.09. The Morgan fingerprint density at radius 3 is 2.59 bits per heavy atom. The molecule has 0 aliphatic carbocycles. The Balaban J connectivity index is 1.70. The van der Waals surface area contributed by atoms with Crippen LogP contribution >= 0.6 is 0 Å². The summed E-state index contributed by atoms with van der Waals surface area (Å²) in [5.74, 6) is -0.432. The molecule has 1 heterocycles. The van der Waals surface area contributed by atoms with Crippen LogP contribution in [0.4, 0.5) is 4.39 Å². The van der Waals surface area contributed by atoms with Crippen molar-refractivity contribution < 1.29 is 9.18 Å². The summed E-state index contributed by atoms with van der Waals surface area (Å²) in [5, 5.41) is 14.6. The van der Waals surface area contributed by atoms with Gasteiger partial charge in [-0.1, -0.05) is 43.3 Å². The van der Waals surface area contributed by atoms with Gasteiger partial charge in [0.15, 0.2) is 0 Å². The van der Waals surface area contributed by atoms with E-state index in [0.717, 1.165) is 47.8 Å². The second-order valence-corrected chi connectivity index (χ2v) is 8.74. The van der Waals surface area contributed by atoms with Crippen LogP contribution < -0.4 is 5.32 Å². The first kappa shape index (κ1) is 22.0. The fourth-order valence-corrected chi connectivity index (χ4v) is 4.89. The summed E-state index contributed by atoms with van der Waals surface area (Å²) in [7, 11) is 2.08. The van der Waals surface area contributed by atoms with Gasteiger partial charge in [-0.15, -0.1) is 0 Å². The molecule has 0 atom stereocenters. The number of carbonyl (C=O) groups excluding carboxylic acids is 1. The molecule has 164 valence electrons. The summed E-state index contributed by atoms with van der Waals surface area (Å²) in [6.07, 6.45) is 2.27. The molecule has 1 aliphatic heterocycles. The molecule has 1 saturated heterocycles. The van der Waals surface area contributed by atoms with Crippen LogP contribution in [0, 0.1) is 17.1 Å². The van der Waals surface area contributed by atoms with Crippen LogP contribution in [0.1, 0.15) is 46.8 Å². The van der Waals surface area contributed by atoms with Gasteiger partial charge in [-0.05, 0) is 79.5 Å². The third-order valence-corrected chi connectivity index (χ3v) is 6.83. The maximum atomic E-state index is 14.1. The van der Waals surface area contributed by atoms with E-state index in [1.807, 2.05) is 43.3 Å². The summed E-state index contributed by atoms with van der Waals surface area (Å²) in [6.45, 7) is 4.17. The quantitative estimate of drug-likeness (QED) is 0.633. The van der Waals surface area contributed by atoms with E-state index in [1.165, 1.54) is 6.07 Å². The zero-order chi connectivity index (χ0) is 22.7. The van der Waals surface area contributed by atoms with Gasteiger partial charge in [-0.3, -0.25) is 4.79 Å². The molecule has 1 amide bonds. The maximum absolute atomic E-state index is 14.1. The average molecular weight is 430 g/mol. The number of rotatable bonds is 5. The molecular formula is C27H28FN3O. The number of piperidine rings is 1. The predicted octanol–water partition coefficient (Wildman–Crippen LogP) is 4.81. The lowest BCUT2D eigenvalue weighted by molar-refractivity contribution is 0.0928. The molecular weight excluding hydrogens is 401 g/mol. The number of hydrogen-bond acceptors (Lipinski definition) is 3. The number of likely N-dealkylation sites (tertiary alicyclic amines) is 1. The van der Waals surface area contributed by atoms with Gasteiger partial charge in [0.25, 0.3) is 5.91 Å². The number of carbonyl (C=O) groups is 1. The van der Waals surface area contributed by atoms with E-state index in [2.05, 4.69) is 23.3 Å². The molecule has 1 aliphatic rings. The second kappa shape index (κ2) is 9.10. The minimum Gasteiger partial charge on any atom is -0.351 e. The average Bonchev–Trinajstić information content (AvgIpc) is 2.82. The lowest BCUT2D eigenvalue weighted by atomic mass is 9.72. The van der Waals surface area contributed by atoms with Gasteiger partial charge in [-0.25, -0.2) is 4.39 Å². The largest absolute Gasteiger partial charge is 0.351 e. The van der Waals surface area contributed by atoms with Gasteiger partial charge < -0.3 is 10.2 Å². The SMILES string of the molecule is CCc1c(C#N)cc2ccccc2c1C(=O)NCC1(c2cccc(F)c2)CCN(C)CC1. The highest BCUT2D eigenvalue weighted by atomic mass is 19.1. The van der Waals surface area contributed by atoms with E-state index >= 15 is 0 Å². The summed E-state index contributed by atoms with van der Waals surface area (Å²) in [4.78, 5) is 15.8. The van der Waals surface area contributed by atoms with Crippen molar-refractivity contribution >= 4 is 16.7 Å². The van der Waals surface area contributed by atoms with Crippen molar-refractivity contribution in [2.24, 2.45) is 0 Å². The Kier molecular flexibility index (Phi) is 6.25. The molecule has 1 N–H and O–H groups in total. The van der Waals surface area contributed by atoms with Crippen LogP contribution in [-0.2, 0) is 11.8 Å². The van der Waals surface area contributed by atoms with Crippen molar-refractivity contribution in [1.82, 2.24) is 10.2 Å². The number of hydrogen-bond donors (Lipinski definition) is 1. The van der Waals surface area contributed by atoms with Gasteiger partial charge in [0.1, 0.15) is 5.82 Å². The number of nitrogens with one attached hydrogen (secondary N) is 1. The van der Waals surface area contributed by atoms with Crippen LogP contribution in [-0.4, -0.2) is 37.5 Å². The van der Waals surface area contributed by atoms with Crippen molar-refractivity contribution in [3.8, 4) is 6.07 Å². The van der Waals surface area contributed by atoms with Crippen LogP contribution in [0.15, 0.2) is 54.6 Å². The van der Waals surface area contributed by atoms with E-state index in [4.69, 9.17) is 0 Å². The first-order valence-corrected chi connectivity index (χ1v) is 11.1. The second-order valence-electron chi connectivity index (χ2n) is 8.74. The van der Waals surface area contributed by atoms with E-state index in [9.17, 15) is 14.4 Å². The zero-order valence-corrected chi connectivity index (χ0v) is 18.6. The smallest absolute Gasteiger partial charge is 0.252 e. The van der Waals surface area contributed by atoms with Crippen LogP contribution in [0.2, 0.25) is 0 Å². The maximum Gasteiger partial charge on any atom is 0.252 e. The molecule has 1 fully saturated rings. The van der Waals surface area contributed by atoms with Crippen LogP contribution in [0.5, 0.6) is 0 Å². The molecule has 0 saturated carbocycles. The third kappa shape index (κ3) is 4.11. The minimum absolute atomic E-state index is 0.176. The highest BCUT2D eigenvalue weighted by Crippen LogP contribution is 2.35. The first-order chi connectivity index (χ1) is 15.5. The molecule has 4 nitrogen and oxygen atoms in total. The van der Waals surface area contributed by atoms with Gasteiger partial charge in [0.05, 0.1) is 17.2 Å². The molecule has 0 aromatic heterocycles. The van der Waals surface area contributed by atoms with E-state index in [0.29, 0.717) is 24.1 Å². The van der Waals surface area contributed by atoms with Crippen molar-refractivity contribution in [2.75, 3.05) is 26.7 Å². The monoisotopic (exact) mass is 429 g/mol. The van der Waals surface area contributed by atoms with Crippen molar-refractivity contribution in [3.05, 3.63) is 82.7 Å². The Morgan fingerprint density at radius 1 is 1.16 bits per heavy atom. The molecule has 0 unspecified atom stereocenters. The van der Waals surface area contributed by atoms with E-state index in [-0.39, 0.29) is 17.1 Å². The van der Waals surface area contributed by atoms with E-state index in [1.54, 1.807) is 12.1 Å². The predicted molar refractivity (Wildman–Crippen MR) is 125 cm³/mol.